The number of amides is 3. The Morgan fingerprint density at radius 1 is 0.974 bits per heavy atom. The summed E-state index contributed by atoms with van der Waals surface area (Å²) in [7, 11) is 0. The van der Waals surface area contributed by atoms with E-state index in [2.05, 4.69) is 15.5 Å². The van der Waals surface area contributed by atoms with E-state index in [0.717, 1.165) is 17.7 Å². The number of nitrogens with one attached hydrogen (secondary N) is 2. The molecular weight excluding hydrogens is 487 g/mol. The van der Waals surface area contributed by atoms with Gasteiger partial charge < -0.3 is 24.9 Å². The second kappa shape index (κ2) is 12.4. The van der Waals surface area contributed by atoms with Gasteiger partial charge in [0.15, 0.2) is 5.76 Å². The van der Waals surface area contributed by atoms with E-state index in [0.29, 0.717) is 49.8 Å². The molecule has 0 radical (unpaired) electrons. The molecule has 1 fully saturated rings. The number of hydrogen-bond acceptors (Lipinski definition) is 5. The number of carbonyl (C=O) groups is 3. The minimum Gasteiger partial charge on any atom is -0.459 e. The number of hydrogen-bond donors (Lipinski definition) is 2. The fourth-order valence-corrected chi connectivity index (χ4v) is 4.44. The molecule has 1 aromatic heterocycles. The van der Waals surface area contributed by atoms with Crippen molar-refractivity contribution in [3.63, 3.8) is 0 Å². The molecule has 8 nitrogen and oxygen atoms in total. The van der Waals surface area contributed by atoms with E-state index in [1.165, 1.54) is 18.4 Å². The molecule has 0 unspecified atom stereocenters. The summed E-state index contributed by atoms with van der Waals surface area (Å²) in [6.45, 7) is 6.79. The van der Waals surface area contributed by atoms with Crippen LogP contribution in [-0.2, 0) is 11.3 Å². The van der Waals surface area contributed by atoms with Gasteiger partial charge in [-0.3, -0.25) is 14.4 Å². The van der Waals surface area contributed by atoms with Crippen molar-refractivity contribution in [3.05, 3.63) is 83.6 Å². The van der Waals surface area contributed by atoms with Gasteiger partial charge in [0.25, 0.3) is 11.8 Å². The van der Waals surface area contributed by atoms with Gasteiger partial charge in [0.2, 0.25) is 5.91 Å². The first kappa shape index (κ1) is 26.9. The largest absolute Gasteiger partial charge is 0.459 e. The summed E-state index contributed by atoms with van der Waals surface area (Å²) in [5.41, 5.74) is 2.32. The summed E-state index contributed by atoms with van der Waals surface area (Å²) in [5.74, 6) is -0.485. The van der Waals surface area contributed by atoms with Crippen LogP contribution in [0, 0.1) is 11.7 Å². The number of benzene rings is 2. The van der Waals surface area contributed by atoms with Crippen molar-refractivity contribution in [3.8, 4) is 0 Å². The lowest BCUT2D eigenvalue weighted by atomic mass is 10.1. The van der Waals surface area contributed by atoms with Crippen LogP contribution < -0.4 is 15.5 Å². The molecule has 0 atom stereocenters. The lowest BCUT2D eigenvalue weighted by Gasteiger charge is -2.26. The molecule has 4 rings (SSSR count). The van der Waals surface area contributed by atoms with Crippen LogP contribution in [0.5, 0.6) is 0 Å². The quantitative estimate of drug-likeness (QED) is 0.450. The third-order valence-corrected chi connectivity index (χ3v) is 6.38. The Balaban J connectivity index is 1.54. The predicted molar refractivity (Wildman–Crippen MR) is 144 cm³/mol. The molecule has 200 valence electrons. The third-order valence-electron chi connectivity index (χ3n) is 6.38. The zero-order chi connectivity index (χ0) is 27.1. The fraction of sp³-hybridized carbons (Fsp3) is 0.345. The highest BCUT2D eigenvalue weighted by atomic mass is 19.1. The number of anilines is 2. The lowest BCUT2D eigenvalue weighted by Crippen LogP contribution is -2.36. The topological polar surface area (TPSA) is 94.9 Å². The monoisotopic (exact) mass is 520 g/mol. The third kappa shape index (κ3) is 7.00. The van der Waals surface area contributed by atoms with Crippen LogP contribution in [0.4, 0.5) is 15.8 Å². The second-order valence-corrected chi connectivity index (χ2v) is 9.79. The molecule has 2 heterocycles. The average molecular weight is 521 g/mol. The molecule has 1 aliphatic heterocycles. The summed E-state index contributed by atoms with van der Waals surface area (Å²) in [5, 5.41) is 5.68. The van der Waals surface area contributed by atoms with Gasteiger partial charge in [-0.1, -0.05) is 26.0 Å². The van der Waals surface area contributed by atoms with Gasteiger partial charge in [-0.25, -0.2) is 4.39 Å². The molecule has 3 amide bonds. The normalized spacial score (nSPS) is 13.8. The molecule has 0 spiro atoms. The summed E-state index contributed by atoms with van der Waals surface area (Å²) in [6, 6.07) is 14.3. The maximum atomic E-state index is 13.4. The zero-order valence-electron chi connectivity index (χ0n) is 21.7. The summed E-state index contributed by atoms with van der Waals surface area (Å²) >= 11 is 0. The smallest absolute Gasteiger partial charge is 0.291 e. The number of nitrogens with zero attached hydrogens (tertiary/aromatic N) is 2. The lowest BCUT2D eigenvalue weighted by molar-refractivity contribution is -0.131. The number of halogens is 1. The molecular formula is C29H33FN4O4. The SMILES string of the molecule is CC(C)CC(=O)N1CCCN(c2ccc(NC(=O)c3ccco3)cc2C(=O)NCc2ccc(F)cc2)CC1. The van der Waals surface area contributed by atoms with Gasteiger partial charge in [-0.15, -0.1) is 0 Å². The molecule has 1 saturated heterocycles. The number of rotatable bonds is 8. The minimum absolute atomic E-state index is 0.148. The van der Waals surface area contributed by atoms with E-state index < -0.39 is 5.91 Å². The van der Waals surface area contributed by atoms with Crippen LogP contribution in [0.15, 0.2) is 65.3 Å². The molecule has 0 bridgehead atoms. The van der Waals surface area contributed by atoms with Gasteiger partial charge in [-0.2, -0.15) is 0 Å². The molecule has 9 heteroatoms. The highest BCUT2D eigenvalue weighted by Gasteiger charge is 2.23. The summed E-state index contributed by atoms with van der Waals surface area (Å²) in [6.07, 6.45) is 2.71. The Kier molecular flexibility index (Phi) is 8.78. The molecule has 38 heavy (non-hydrogen) atoms. The van der Waals surface area contributed by atoms with E-state index >= 15 is 0 Å². The van der Waals surface area contributed by atoms with Crippen molar-refractivity contribution in [2.45, 2.75) is 33.2 Å². The molecule has 2 aromatic carbocycles. The van der Waals surface area contributed by atoms with Crippen molar-refractivity contribution >= 4 is 29.1 Å². The summed E-state index contributed by atoms with van der Waals surface area (Å²) < 4.78 is 18.4. The van der Waals surface area contributed by atoms with E-state index in [1.807, 2.05) is 24.8 Å². The predicted octanol–water partition coefficient (Wildman–Crippen LogP) is 4.69. The van der Waals surface area contributed by atoms with E-state index in [1.54, 1.807) is 36.4 Å². The van der Waals surface area contributed by atoms with Crippen molar-refractivity contribution in [2.24, 2.45) is 5.92 Å². The molecule has 1 aliphatic rings. The molecule has 0 aliphatic carbocycles. The molecule has 0 saturated carbocycles. The van der Waals surface area contributed by atoms with Crippen molar-refractivity contribution in [1.82, 2.24) is 10.2 Å². The van der Waals surface area contributed by atoms with E-state index in [9.17, 15) is 18.8 Å². The Bertz CT molecular complexity index is 1260. The number of carbonyl (C=O) groups excluding carboxylic acids is 3. The molecule has 3 aromatic rings. The van der Waals surface area contributed by atoms with Crippen molar-refractivity contribution in [2.75, 3.05) is 36.4 Å². The standard InChI is InChI=1S/C29H33FN4O4/c1-20(2)17-27(35)34-13-4-12-33(14-15-34)25-11-10-23(32-29(37)26-5-3-16-38-26)18-24(25)28(36)31-19-21-6-8-22(30)9-7-21/h3,5-11,16,18,20H,4,12-15,17,19H2,1-2H3,(H,31,36)(H,32,37). The number of furan rings is 1. The Morgan fingerprint density at radius 3 is 2.47 bits per heavy atom. The van der Waals surface area contributed by atoms with Gasteiger partial charge in [0, 0.05) is 50.5 Å². The maximum Gasteiger partial charge on any atom is 0.291 e. The van der Waals surface area contributed by atoms with Gasteiger partial charge in [0.05, 0.1) is 11.8 Å². The zero-order valence-corrected chi connectivity index (χ0v) is 21.7. The Labute approximate surface area is 221 Å². The van der Waals surface area contributed by atoms with Crippen LogP contribution in [-0.4, -0.2) is 48.8 Å². The van der Waals surface area contributed by atoms with Gasteiger partial charge in [-0.05, 0) is 60.4 Å². The van der Waals surface area contributed by atoms with Crippen LogP contribution in [0.3, 0.4) is 0 Å². The van der Waals surface area contributed by atoms with E-state index in [-0.39, 0.29) is 29.9 Å². The van der Waals surface area contributed by atoms with Gasteiger partial charge in [0.1, 0.15) is 5.82 Å². The fourth-order valence-electron chi connectivity index (χ4n) is 4.44. The first-order valence-corrected chi connectivity index (χ1v) is 12.8. The van der Waals surface area contributed by atoms with Gasteiger partial charge >= 0.3 is 0 Å². The highest BCUT2D eigenvalue weighted by molar-refractivity contribution is 6.05. The van der Waals surface area contributed by atoms with Crippen LogP contribution in [0.1, 0.15) is 53.2 Å². The maximum absolute atomic E-state index is 13.4. The second-order valence-electron chi connectivity index (χ2n) is 9.79. The first-order valence-electron chi connectivity index (χ1n) is 12.8. The highest BCUT2D eigenvalue weighted by Crippen LogP contribution is 2.27. The minimum atomic E-state index is -0.422. The summed E-state index contributed by atoms with van der Waals surface area (Å²) in [4.78, 5) is 42.5. The van der Waals surface area contributed by atoms with Crippen LogP contribution in [0.25, 0.3) is 0 Å². The molecule has 2 N–H and O–H groups in total. The van der Waals surface area contributed by atoms with E-state index in [4.69, 9.17) is 4.42 Å². The van der Waals surface area contributed by atoms with Crippen LogP contribution in [0.2, 0.25) is 0 Å². The average Bonchev–Trinajstić information content (AvgIpc) is 3.33. The van der Waals surface area contributed by atoms with Crippen molar-refractivity contribution in [1.29, 1.82) is 0 Å². The van der Waals surface area contributed by atoms with Crippen molar-refractivity contribution < 1.29 is 23.2 Å². The van der Waals surface area contributed by atoms with Crippen LogP contribution >= 0.6 is 0 Å². The Hall–Kier alpha value is -4.14. The Morgan fingerprint density at radius 2 is 1.76 bits per heavy atom. The first-order chi connectivity index (χ1) is 18.3.